The normalized spacial score (nSPS) is 44.1. The second kappa shape index (κ2) is 4.95. The topological polar surface area (TPSA) is 72.8 Å². The van der Waals surface area contributed by atoms with E-state index in [-0.39, 0.29) is 41.9 Å². The Labute approximate surface area is 130 Å². The van der Waals surface area contributed by atoms with Crippen molar-refractivity contribution in [1.29, 1.82) is 0 Å². The molecule has 6 atom stereocenters. The van der Waals surface area contributed by atoms with Crippen LogP contribution in [0.3, 0.4) is 0 Å². The molecule has 2 aliphatic carbocycles. The second-order valence-electron chi connectivity index (χ2n) is 7.02. The number of aliphatic hydroxyl groups is 1. The van der Waals surface area contributed by atoms with Gasteiger partial charge in [0.05, 0.1) is 5.60 Å². The SMILES string of the molecule is C=C1C[C@@H]2OC(=O)C(=C)[C@H]2C[C@@H]2[C@@H]1[C@H](OC(C)=O)C[C@@]2(C)O. The number of carbonyl (C=O) groups excluding carboxylic acids is 2. The minimum absolute atomic E-state index is 0.0956. The molecule has 0 amide bonds. The van der Waals surface area contributed by atoms with E-state index in [1.54, 1.807) is 6.92 Å². The maximum Gasteiger partial charge on any atom is 0.334 e. The molecule has 0 aromatic rings. The first-order valence-electron chi connectivity index (χ1n) is 7.67. The number of fused-ring (bicyclic) bond motifs is 2. The summed E-state index contributed by atoms with van der Waals surface area (Å²) in [5.41, 5.74) is 0.392. The molecule has 3 aliphatic rings. The molecule has 22 heavy (non-hydrogen) atoms. The van der Waals surface area contributed by atoms with Crippen LogP contribution in [0.5, 0.6) is 0 Å². The Morgan fingerprint density at radius 2 is 2.14 bits per heavy atom. The van der Waals surface area contributed by atoms with Gasteiger partial charge >= 0.3 is 11.9 Å². The number of hydrogen-bond acceptors (Lipinski definition) is 5. The van der Waals surface area contributed by atoms with E-state index in [9.17, 15) is 14.7 Å². The Balaban J connectivity index is 1.93. The van der Waals surface area contributed by atoms with Gasteiger partial charge in [-0.2, -0.15) is 0 Å². The predicted molar refractivity (Wildman–Crippen MR) is 78.7 cm³/mol. The Hall–Kier alpha value is -1.62. The van der Waals surface area contributed by atoms with Crippen LogP contribution in [0.1, 0.15) is 33.1 Å². The average molecular weight is 306 g/mol. The molecule has 1 N–H and O–H groups in total. The van der Waals surface area contributed by atoms with Crippen molar-refractivity contribution in [3.05, 3.63) is 24.3 Å². The van der Waals surface area contributed by atoms with Crippen LogP contribution in [-0.4, -0.2) is 34.9 Å². The molecular formula is C17H22O5. The third-order valence-electron chi connectivity index (χ3n) is 5.42. The third-order valence-corrected chi connectivity index (χ3v) is 5.42. The maximum absolute atomic E-state index is 11.7. The van der Waals surface area contributed by atoms with Crippen molar-refractivity contribution in [3.8, 4) is 0 Å². The molecule has 0 aromatic carbocycles. The molecule has 1 saturated heterocycles. The van der Waals surface area contributed by atoms with Crippen LogP contribution in [0.4, 0.5) is 0 Å². The van der Waals surface area contributed by atoms with Crippen molar-refractivity contribution in [2.24, 2.45) is 17.8 Å². The Kier molecular flexibility index (Phi) is 3.44. The lowest BCUT2D eigenvalue weighted by molar-refractivity contribution is -0.148. The fourth-order valence-corrected chi connectivity index (χ4v) is 4.42. The van der Waals surface area contributed by atoms with E-state index in [0.717, 1.165) is 5.57 Å². The van der Waals surface area contributed by atoms with Gasteiger partial charge in [0.15, 0.2) is 0 Å². The van der Waals surface area contributed by atoms with Crippen molar-refractivity contribution in [1.82, 2.24) is 0 Å². The van der Waals surface area contributed by atoms with Gasteiger partial charge in [-0.15, -0.1) is 0 Å². The van der Waals surface area contributed by atoms with E-state index >= 15 is 0 Å². The standard InChI is InChI=1S/C17H22O5/c1-8-5-13-11(9(2)16(19)22-13)6-12-15(8)14(21-10(3)18)7-17(12,4)20/h11-15,20H,1-2,5-7H2,3-4H3/t11-,12-,13+,14-,15-,17-/m1/s1. The lowest BCUT2D eigenvalue weighted by atomic mass is 9.78. The van der Waals surface area contributed by atoms with Crippen LogP contribution in [0.2, 0.25) is 0 Å². The third kappa shape index (κ3) is 2.28. The summed E-state index contributed by atoms with van der Waals surface area (Å²) in [4.78, 5) is 23.1. The zero-order valence-corrected chi connectivity index (χ0v) is 13.0. The van der Waals surface area contributed by atoms with Gasteiger partial charge in [0, 0.05) is 37.2 Å². The van der Waals surface area contributed by atoms with Crippen molar-refractivity contribution in [2.75, 3.05) is 0 Å². The molecule has 1 aliphatic heterocycles. The summed E-state index contributed by atoms with van der Waals surface area (Å²) in [6.45, 7) is 11.1. The number of rotatable bonds is 1. The van der Waals surface area contributed by atoms with Crippen molar-refractivity contribution in [2.45, 2.75) is 50.9 Å². The van der Waals surface area contributed by atoms with Gasteiger partial charge < -0.3 is 14.6 Å². The van der Waals surface area contributed by atoms with E-state index in [1.807, 2.05) is 0 Å². The largest absolute Gasteiger partial charge is 0.462 e. The number of esters is 2. The van der Waals surface area contributed by atoms with Gasteiger partial charge in [0.2, 0.25) is 0 Å². The van der Waals surface area contributed by atoms with Gasteiger partial charge in [-0.05, 0) is 19.3 Å². The van der Waals surface area contributed by atoms with Crippen LogP contribution in [-0.2, 0) is 19.1 Å². The Morgan fingerprint density at radius 1 is 1.45 bits per heavy atom. The van der Waals surface area contributed by atoms with Gasteiger partial charge in [-0.1, -0.05) is 18.7 Å². The summed E-state index contributed by atoms with van der Waals surface area (Å²) in [5.74, 6) is -1.02. The zero-order valence-electron chi connectivity index (χ0n) is 13.0. The molecule has 0 radical (unpaired) electrons. The van der Waals surface area contributed by atoms with Crippen molar-refractivity contribution >= 4 is 11.9 Å². The molecule has 5 heteroatoms. The zero-order chi connectivity index (χ0) is 16.2. The molecule has 0 aromatic heterocycles. The van der Waals surface area contributed by atoms with Crippen LogP contribution in [0, 0.1) is 17.8 Å². The second-order valence-corrected chi connectivity index (χ2v) is 7.02. The van der Waals surface area contributed by atoms with Crippen LogP contribution in [0.15, 0.2) is 24.3 Å². The summed E-state index contributed by atoms with van der Waals surface area (Å²) in [6.07, 6.45) is 0.896. The molecule has 120 valence electrons. The highest BCUT2D eigenvalue weighted by atomic mass is 16.6. The van der Waals surface area contributed by atoms with Gasteiger partial charge in [0.25, 0.3) is 0 Å². The monoisotopic (exact) mass is 306 g/mol. The van der Waals surface area contributed by atoms with Crippen LogP contribution in [0.25, 0.3) is 0 Å². The first kappa shape index (κ1) is 15.3. The first-order chi connectivity index (χ1) is 10.2. The number of carbonyl (C=O) groups is 2. The molecule has 2 saturated carbocycles. The van der Waals surface area contributed by atoms with Crippen molar-refractivity contribution < 1.29 is 24.2 Å². The quantitative estimate of drug-likeness (QED) is 0.454. The fourth-order valence-electron chi connectivity index (χ4n) is 4.42. The van der Waals surface area contributed by atoms with E-state index < -0.39 is 5.60 Å². The first-order valence-corrected chi connectivity index (χ1v) is 7.67. The summed E-state index contributed by atoms with van der Waals surface area (Å²) >= 11 is 0. The molecule has 0 spiro atoms. The molecule has 0 unspecified atom stereocenters. The Bertz CT molecular complexity index is 561. The summed E-state index contributed by atoms with van der Waals surface area (Å²) in [6, 6.07) is 0. The average Bonchev–Trinajstić information content (AvgIpc) is 2.71. The highest BCUT2D eigenvalue weighted by molar-refractivity contribution is 5.90. The lowest BCUT2D eigenvalue weighted by Gasteiger charge is -2.29. The predicted octanol–water partition coefficient (Wildman–Crippen LogP) is 1.75. The van der Waals surface area contributed by atoms with Crippen LogP contribution >= 0.6 is 0 Å². The van der Waals surface area contributed by atoms with Gasteiger partial charge in [-0.25, -0.2) is 4.79 Å². The highest BCUT2D eigenvalue weighted by Crippen LogP contribution is 2.53. The summed E-state index contributed by atoms with van der Waals surface area (Å²) < 4.78 is 10.8. The highest BCUT2D eigenvalue weighted by Gasteiger charge is 2.57. The number of hydrogen-bond donors (Lipinski definition) is 1. The molecule has 5 nitrogen and oxygen atoms in total. The fraction of sp³-hybridized carbons (Fsp3) is 0.647. The molecule has 3 fully saturated rings. The number of ether oxygens (including phenoxy) is 2. The van der Waals surface area contributed by atoms with E-state index in [4.69, 9.17) is 9.47 Å². The molecular weight excluding hydrogens is 284 g/mol. The van der Waals surface area contributed by atoms with Gasteiger partial charge in [-0.3, -0.25) is 4.79 Å². The van der Waals surface area contributed by atoms with E-state index in [1.165, 1.54) is 6.92 Å². The Morgan fingerprint density at radius 3 is 2.77 bits per heavy atom. The molecule has 1 heterocycles. The van der Waals surface area contributed by atoms with Crippen molar-refractivity contribution in [3.63, 3.8) is 0 Å². The summed E-state index contributed by atoms with van der Waals surface area (Å²) in [7, 11) is 0. The smallest absolute Gasteiger partial charge is 0.334 e. The van der Waals surface area contributed by atoms with Gasteiger partial charge in [0.1, 0.15) is 12.2 Å². The minimum Gasteiger partial charge on any atom is -0.462 e. The molecule has 0 bridgehead atoms. The molecule has 3 rings (SSSR count). The van der Waals surface area contributed by atoms with E-state index in [2.05, 4.69) is 13.2 Å². The maximum atomic E-state index is 11.7. The lowest BCUT2D eigenvalue weighted by Crippen LogP contribution is -2.33. The van der Waals surface area contributed by atoms with Crippen LogP contribution < -0.4 is 0 Å². The minimum atomic E-state index is -0.964. The van der Waals surface area contributed by atoms with E-state index in [0.29, 0.717) is 24.8 Å². The summed E-state index contributed by atoms with van der Waals surface area (Å²) in [5, 5.41) is 10.8.